The third kappa shape index (κ3) is 6.67. The summed E-state index contributed by atoms with van der Waals surface area (Å²) >= 11 is 0. The van der Waals surface area contributed by atoms with E-state index in [2.05, 4.69) is 13.2 Å². The highest BCUT2D eigenvalue weighted by molar-refractivity contribution is 5.89. The summed E-state index contributed by atoms with van der Waals surface area (Å²) in [5, 5.41) is 0. The number of ether oxygens (including phenoxy) is 3. The Hall–Kier alpha value is -3.67. The zero-order valence-electron chi connectivity index (χ0n) is 18.4. The molecule has 0 bridgehead atoms. The summed E-state index contributed by atoms with van der Waals surface area (Å²) in [7, 11) is 0. The highest BCUT2D eigenvalue weighted by Gasteiger charge is 2.24. The monoisotopic (exact) mass is 422 g/mol. The lowest BCUT2D eigenvalue weighted by Gasteiger charge is -2.17. The van der Waals surface area contributed by atoms with Gasteiger partial charge >= 0.3 is 17.9 Å². The molecule has 0 spiro atoms. The highest BCUT2D eigenvalue weighted by atomic mass is 16.5. The Labute approximate surface area is 182 Å². The molecule has 0 saturated heterocycles. The smallest absolute Gasteiger partial charge is 0.338 e. The molecule has 0 atom stereocenters. The van der Waals surface area contributed by atoms with Crippen LogP contribution in [0.1, 0.15) is 34.6 Å². The van der Waals surface area contributed by atoms with Crippen LogP contribution in [0.4, 0.5) is 0 Å². The molecule has 0 radical (unpaired) electrons. The van der Waals surface area contributed by atoms with E-state index >= 15 is 0 Å². The van der Waals surface area contributed by atoms with Gasteiger partial charge in [-0.15, -0.1) is 0 Å². The topological polar surface area (TPSA) is 78.9 Å². The molecular weight excluding hydrogens is 396 g/mol. The standard InChI is InChI=1S/C25H26O6/c1-15(2)22(26)29-19-10-8-17(9-11-19)18-12-20(30-23(27)16(3)4)14-21(13-18)31-24(28)25(5,6)7/h8-14H,1,3H2,2,4-7H3. The average molecular weight is 422 g/mol. The van der Waals surface area contributed by atoms with Gasteiger partial charge in [0.05, 0.1) is 5.41 Å². The number of benzene rings is 2. The van der Waals surface area contributed by atoms with Crippen molar-refractivity contribution >= 4 is 17.9 Å². The minimum absolute atomic E-state index is 0.208. The molecule has 6 nitrogen and oxygen atoms in total. The molecule has 0 N–H and O–H groups in total. The fraction of sp³-hybridized carbons (Fsp3) is 0.240. The fourth-order valence-corrected chi connectivity index (χ4v) is 2.22. The maximum Gasteiger partial charge on any atom is 0.338 e. The van der Waals surface area contributed by atoms with Gasteiger partial charge in [0.25, 0.3) is 0 Å². The Morgan fingerprint density at radius 2 is 1.13 bits per heavy atom. The first-order chi connectivity index (χ1) is 14.4. The zero-order valence-corrected chi connectivity index (χ0v) is 18.4. The van der Waals surface area contributed by atoms with Crippen LogP contribution in [0.2, 0.25) is 0 Å². The number of hydrogen-bond acceptors (Lipinski definition) is 6. The number of esters is 3. The van der Waals surface area contributed by atoms with Crippen molar-refractivity contribution < 1.29 is 28.6 Å². The second kappa shape index (κ2) is 9.43. The van der Waals surface area contributed by atoms with E-state index in [1.807, 2.05) is 0 Å². The van der Waals surface area contributed by atoms with Gasteiger partial charge in [-0.1, -0.05) is 25.3 Å². The van der Waals surface area contributed by atoms with E-state index in [0.29, 0.717) is 16.9 Å². The molecule has 2 aromatic carbocycles. The van der Waals surface area contributed by atoms with Crippen LogP contribution in [0.15, 0.2) is 66.8 Å². The Balaban J connectivity index is 2.40. The number of rotatable bonds is 6. The second-order valence-corrected chi connectivity index (χ2v) is 8.20. The lowest BCUT2D eigenvalue weighted by Crippen LogP contribution is -2.25. The van der Waals surface area contributed by atoms with Gasteiger partial charge in [-0.3, -0.25) is 4.79 Å². The van der Waals surface area contributed by atoms with Gasteiger partial charge in [-0.25, -0.2) is 9.59 Å². The van der Waals surface area contributed by atoms with Crippen LogP contribution in [0.25, 0.3) is 11.1 Å². The van der Waals surface area contributed by atoms with Gasteiger partial charge in [-0.05, 0) is 70.0 Å². The fourth-order valence-electron chi connectivity index (χ4n) is 2.22. The molecule has 2 aromatic rings. The first-order valence-electron chi connectivity index (χ1n) is 9.60. The molecule has 162 valence electrons. The quantitative estimate of drug-likeness (QED) is 0.359. The summed E-state index contributed by atoms with van der Waals surface area (Å²) in [4.78, 5) is 36.0. The van der Waals surface area contributed by atoms with Crippen LogP contribution in [-0.4, -0.2) is 17.9 Å². The van der Waals surface area contributed by atoms with E-state index in [9.17, 15) is 14.4 Å². The van der Waals surface area contributed by atoms with Crippen molar-refractivity contribution in [1.29, 1.82) is 0 Å². The molecule has 0 heterocycles. The van der Waals surface area contributed by atoms with Crippen LogP contribution >= 0.6 is 0 Å². The van der Waals surface area contributed by atoms with E-state index in [1.54, 1.807) is 64.1 Å². The predicted molar refractivity (Wildman–Crippen MR) is 118 cm³/mol. The Bertz CT molecular complexity index is 1040. The van der Waals surface area contributed by atoms with Gasteiger partial charge in [0.2, 0.25) is 0 Å². The van der Waals surface area contributed by atoms with Crippen molar-refractivity contribution in [2.75, 3.05) is 0 Å². The second-order valence-electron chi connectivity index (χ2n) is 8.20. The molecular formula is C25H26O6. The van der Waals surface area contributed by atoms with Gasteiger partial charge < -0.3 is 14.2 Å². The molecule has 2 rings (SSSR count). The molecule has 0 aliphatic rings. The minimum Gasteiger partial charge on any atom is -0.426 e. The lowest BCUT2D eigenvalue weighted by atomic mass is 9.97. The SMILES string of the molecule is C=C(C)C(=O)Oc1ccc(-c2cc(OC(=O)C(=C)C)cc(OC(=O)C(C)(C)C)c2)cc1. The summed E-state index contributed by atoms with van der Waals surface area (Å²) < 4.78 is 16.0. The first-order valence-corrected chi connectivity index (χ1v) is 9.60. The Kier molecular flexibility index (Phi) is 7.18. The summed E-state index contributed by atoms with van der Waals surface area (Å²) in [5.41, 5.74) is 1.20. The van der Waals surface area contributed by atoms with Crippen LogP contribution in [0.5, 0.6) is 17.2 Å². The molecule has 0 aliphatic carbocycles. The summed E-state index contributed by atoms with van der Waals surface area (Å²) in [6, 6.07) is 11.5. The van der Waals surface area contributed by atoms with Crippen molar-refractivity contribution in [3.8, 4) is 28.4 Å². The molecule has 0 fully saturated rings. The van der Waals surface area contributed by atoms with E-state index in [1.165, 1.54) is 13.0 Å². The Morgan fingerprint density at radius 1 is 0.677 bits per heavy atom. The highest BCUT2D eigenvalue weighted by Crippen LogP contribution is 2.32. The molecule has 0 unspecified atom stereocenters. The first kappa shape index (κ1) is 23.6. The van der Waals surface area contributed by atoms with Crippen LogP contribution in [0.3, 0.4) is 0 Å². The average Bonchev–Trinajstić information content (AvgIpc) is 2.67. The van der Waals surface area contributed by atoms with E-state index < -0.39 is 23.3 Å². The predicted octanol–water partition coefficient (Wildman–Crippen LogP) is 5.27. The normalized spacial score (nSPS) is 10.7. The third-order valence-corrected chi connectivity index (χ3v) is 4.01. The van der Waals surface area contributed by atoms with E-state index in [0.717, 1.165) is 5.56 Å². The van der Waals surface area contributed by atoms with E-state index in [4.69, 9.17) is 14.2 Å². The maximum atomic E-state index is 12.3. The molecule has 31 heavy (non-hydrogen) atoms. The molecule has 0 aliphatic heterocycles. The number of hydrogen-bond donors (Lipinski definition) is 0. The van der Waals surface area contributed by atoms with Crippen LogP contribution < -0.4 is 14.2 Å². The van der Waals surface area contributed by atoms with Crippen molar-refractivity contribution in [2.24, 2.45) is 5.41 Å². The molecule has 0 amide bonds. The lowest BCUT2D eigenvalue weighted by molar-refractivity contribution is -0.143. The third-order valence-electron chi connectivity index (χ3n) is 4.01. The summed E-state index contributed by atoms with van der Waals surface area (Å²) in [5.74, 6) is -0.727. The van der Waals surface area contributed by atoms with E-state index in [-0.39, 0.29) is 17.1 Å². The number of carbonyl (C=O) groups excluding carboxylic acids is 3. The van der Waals surface area contributed by atoms with Gasteiger partial charge in [-0.2, -0.15) is 0 Å². The van der Waals surface area contributed by atoms with Gasteiger partial charge in [0.15, 0.2) is 0 Å². The van der Waals surface area contributed by atoms with Crippen molar-refractivity contribution in [3.63, 3.8) is 0 Å². The maximum absolute atomic E-state index is 12.3. The van der Waals surface area contributed by atoms with Crippen LogP contribution in [-0.2, 0) is 14.4 Å². The largest absolute Gasteiger partial charge is 0.426 e. The molecule has 6 heteroatoms. The van der Waals surface area contributed by atoms with Crippen LogP contribution in [0, 0.1) is 5.41 Å². The molecule has 0 saturated carbocycles. The summed E-state index contributed by atoms with van der Waals surface area (Å²) in [6.45, 7) is 15.5. The van der Waals surface area contributed by atoms with Crippen molar-refractivity contribution in [2.45, 2.75) is 34.6 Å². The Morgan fingerprint density at radius 3 is 1.58 bits per heavy atom. The zero-order chi connectivity index (χ0) is 23.3. The van der Waals surface area contributed by atoms with Gasteiger partial charge in [0.1, 0.15) is 17.2 Å². The summed E-state index contributed by atoms with van der Waals surface area (Å²) in [6.07, 6.45) is 0. The molecule has 0 aromatic heterocycles. The van der Waals surface area contributed by atoms with Gasteiger partial charge in [0, 0.05) is 17.2 Å². The minimum atomic E-state index is -0.709. The van der Waals surface area contributed by atoms with Crippen molar-refractivity contribution in [1.82, 2.24) is 0 Å². The number of carbonyl (C=O) groups is 3. The van der Waals surface area contributed by atoms with Crippen molar-refractivity contribution in [3.05, 3.63) is 66.8 Å².